The third-order valence-corrected chi connectivity index (χ3v) is 6.31. The highest BCUT2D eigenvalue weighted by atomic mass is 32.2. The first-order chi connectivity index (χ1) is 16.9. The fraction of sp³-hybridized carbons (Fsp3) is 0.0714. The second-order valence-corrected chi connectivity index (χ2v) is 9.56. The Balaban J connectivity index is 1.81. The first-order valence-corrected chi connectivity index (χ1v) is 12.5. The van der Waals surface area contributed by atoms with Crippen LogP contribution in [-0.2, 0) is 10.0 Å². The number of nitrogens with zero attached hydrogens (tertiary/aromatic N) is 2. The first-order valence-electron chi connectivity index (χ1n) is 11.0. The molecule has 4 aromatic rings. The van der Waals surface area contributed by atoms with Crippen molar-refractivity contribution in [2.45, 2.75) is 18.7 Å². The molecule has 0 aliphatic carbocycles. The molecule has 0 aliphatic heterocycles. The van der Waals surface area contributed by atoms with E-state index in [0.29, 0.717) is 17.0 Å². The lowest BCUT2D eigenvalue weighted by Crippen LogP contribution is -2.27. The maximum atomic E-state index is 13.0. The van der Waals surface area contributed by atoms with E-state index in [2.05, 4.69) is 14.9 Å². The summed E-state index contributed by atoms with van der Waals surface area (Å²) in [7, 11) is -3.92. The quantitative estimate of drug-likeness (QED) is 0.205. The molecule has 0 saturated carbocycles. The summed E-state index contributed by atoms with van der Waals surface area (Å²) in [5, 5.41) is 4.31. The minimum Gasteiger partial charge on any atom is -0.437 e. The minimum atomic E-state index is -3.92. The zero-order valence-corrected chi connectivity index (χ0v) is 20.2. The van der Waals surface area contributed by atoms with E-state index < -0.39 is 10.0 Å². The van der Waals surface area contributed by atoms with Crippen LogP contribution in [0.15, 0.2) is 124 Å². The van der Waals surface area contributed by atoms with Crippen LogP contribution in [0.1, 0.15) is 16.7 Å². The maximum Gasteiger partial charge on any atom is 0.276 e. The molecule has 0 fully saturated rings. The lowest BCUT2D eigenvalue weighted by Gasteiger charge is -2.13. The van der Waals surface area contributed by atoms with Crippen molar-refractivity contribution >= 4 is 27.3 Å². The van der Waals surface area contributed by atoms with Crippen molar-refractivity contribution < 1.29 is 13.2 Å². The number of hydrazone groups is 1. The summed E-state index contributed by atoms with van der Waals surface area (Å²) in [6.07, 6.45) is 0. The van der Waals surface area contributed by atoms with E-state index >= 15 is 0 Å². The van der Waals surface area contributed by atoms with Crippen LogP contribution in [0.4, 0.5) is 5.69 Å². The highest BCUT2D eigenvalue weighted by Gasteiger charge is 2.19. The molecule has 4 aromatic carbocycles. The fourth-order valence-corrected chi connectivity index (χ4v) is 3.98. The van der Waals surface area contributed by atoms with E-state index in [-0.39, 0.29) is 16.5 Å². The van der Waals surface area contributed by atoms with E-state index in [0.717, 1.165) is 11.1 Å². The molecule has 0 spiro atoms. The smallest absolute Gasteiger partial charge is 0.276 e. The minimum absolute atomic E-state index is 0.112. The van der Waals surface area contributed by atoms with Gasteiger partial charge in [0, 0.05) is 5.56 Å². The zero-order chi connectivity index (χ0) is 24.7. The summed E-state index contributed by atoms with van der Waals surface area (Å²) in [6.45, 7) is 3.87. The number of ether oxygens (including phenoxy) is 1. The number of sulfonamides is 1. The molecular formula is C28H25N3O3S. The molecule has 35 heavy (non-hydrogen) atoms. The van der Waals surface area contributed by atoms with Crippen LogP contribution < -0.4 is 9.57 Å². The normalized spacial score (nSPS) is 12.3. The second-order valence-electron chi connectivity index (χ2n) is 7.90. The SMILES string of the molecule is Cc1ccc(/C(=N\NS(=O)(=O)c2ccc(C)cc2)C(=Nc2ccccc2)Oc2ccccc2)cc1. The number of aryl methyl sites for hydroxylation is 2. The van der Waals surface area contributed by atoms with Crippen molar-refractivity contribution in [3.05, 3.63) is 126 Å². The van der Waals surface area contributed by atoms with Crippen LogP contribution in [0.5, 0.6) is 5.75 Å². The van der Waals surface area contributed by atoms with Gasteiger partial charge >= 0.3 is 0 Å². The van der Waals surface area contributed by atoms with Gasteiger partial charge in [0.15, 0.2) is 5.71 Å². The number of hydrogen-bond donors (Lipinski definition) is 1. The van der Waals surface area contributed by atoms with Gasteiger partial charge in [-0.25, -0.2) is 4.99 Å². The third kappa shape index (κ3) is 6.43. The Morgan fingerprint density at radius 2 is 1.26 bits per heavy atom. The molecule has 0 bridgehead atoms. The highest BCUT2D eigenvalue weighted by Crippen LogP contribution is 2.18. The molecule has 7 heteroatoms. The lowest BCUT2D eigenvalue weighted by atomic mass is 10.1. The predicted octanol–water partition coefficient (Wildman–Crippen LogP) is 5.80. The summed E-state index contributed by atoms with van der Waals surface area (Å²) in [5.41, 5.74) is 3.54. The van der Waals surface area contributed by atoms with Crippen molar-refractivity contribution in [2.75, 3.05) is 0 Å². The topological polar surface area (TPSA) is 80.1 Å². The first kappa shape index (κ1) is 23.9. The van der Waals surface area contributed by atoms with Crippen molar-refractivity contribution in [1.29, 1.82) is 0 Å². The summed E-state index contributed by atoms with van der Waals surface area (Å²) < 4.78 is 32.1. The molecule has 0 saturated heterocycles. The number of rotatable bonds is 7. The van der Waals surface area contributed by atoms with Gasteiger partial charge in [0.05, 0.1) is 10.6 Å². The summed E-state index contributed by atoms with van der Waals surface area (Å²) in [4.78, 5) is 7.14. The number of benzene rings is 4. The number of aliphatic imine (C=N–C) groups is 1. The van der Waals surface area contributed by atoms with E-state index in [1.165, 1.54) is 12.1 Å². The average Bonchev–Trinajstić information content (AvgIpc) is 2.86. The molecule has 0 atom stereocenters. The largest absolute Gasteiger partial charge is 0.437 e. The molecule has 4 rings (SSSR count). The lowest BCUT2D eigenvalue weighted by molar-refractivity contribution is 0.560. The van der Waals surface area contributed by atoms with Crippen molar-refractivity contribution in [3.8, 4) is 5.75 Å². The Kier molecular flexibility index (Phi) is 7.38. The van der Waals surface area contributed by atoms with E-state index in [4.69, 9.17) is 4.74 Å². The average molecular weight is 484 g/mol. The van der Waals surface area contributed by atoms with Crippen molar-refractivity contribution in [2.24, 2.45) is 10.1 Å². The van der Waals surface area contributed by atoms with Crippen LogP contribution in [0.25, 0.3) is 0 Å². The van der Waals surface area contributed by atoms with Crippen LogP contribution >= 0.6 is 0 Å². The van der Waals surface area contributed by atoms with Gasteiger partial charge in [0.2, 0.25) is 5.90 Å². The standard InChI is InChI=1S/C28H25N3O3S/c1-21-13-17-23(18-14-21)27(30-31-35(32,33)26-19-15-22(2)16-20-26)28(29-24-9-5-3-6-10-24)34-25-11-7-4-8-12-25/h3-20,31H,1-2H3/b29-28?,30-27+. The van der Waals surface area contributed by atoms with E-state index in [1.807, 2.05) is 86.6 Å². The second kappa shape index (κ2) is 10.8. The van der Waals surface area contributed by atoms with Gasteiger partial charge in [0.1, 0.15) is 5.75 Å². The Hall–Kier alpha value is -4.23. The molecule has 0 unspecified atom stereocenters. The molecular weight excluding hydrogens is 458 g/mol. The Morgan fingerprint density at radius 3 is 1.86 bits per heavy atom. The molecule has 1 N–H and O–H groups in total. The van der Waals surface area contributed by atoms with Gasteiger partial charge in [-0.15, -0.1) is 0 Å². The zero-order valence-electron chi connectivity index (χ0n) is 19.4. The van der Waals surface area contributed by atoms with Gasteiger partial charge in [-0.1, -0.05) is 83.9 Å². The Bertz CT molecular complexity index is 1430. The van der Waals surface area contributed by atoms with E-state index in [9.17, 15) is 8.42 Å². The van der Waals surface area contributed by atoms with Gasteiger partial charge < -0.3 is 4.74 Å². The highest BCUT2D eigenvalue weighted by molar-refractivity contribution is 7.89. The molecule has 0 heterocycles. The van der Waals surface area contributed by atoms with Crippen LogP contribution in [0, 0.1) is 13.8 Å². The Labute approximate surface area is 205 Å². The number of hydrogen-bond acceptors (Lipinski definition) is 5. The molecule has 176 valence electrons. The van der Waals surface area contributed by atoms with Gasteiger partial charge in [0.25, 0.3) is 10.0 Å². The van der Waals surface area contributed by atoms with Crippen molar-refractivity contribution in [1.82, 2.24) is 4.83 Å². The van der Waals surface area contributed by atoms with Gasteiger partial charge in [-0.2, -0.15) is 18.4 Å². The maximum absolute atomic E-state index is 13.0. The molecule has 0 radical (unpaired) electrons. The van der Waals surface area contributed by atoms with Crippen molar-refractivity contribution in [3.63, 3.8) is 0 Å². The molecule has 0 aromatic heterocycles. The van der Waals surface area contributed by atoms with Crippen LogP contribution in [0.2, 0.25) is 0 Å². The number of para-hydroxylation sites is 2. The van der Waals surface area contributed by atoms with Crippen LogP contribution in [-0.4, -0.2) is 20.0 Å². The predicted molar refractivity (Wildman–Crippen MR) is 140 cm³/mol. The third-order valence-electron chi connectivity index (χ3n) is 5.08. The molecule has 6 nitrogen and oxygen atoms in total. The molecule has 0 amide bonds. The number of nitrogens with one attached hydrogen (secondary N) is 1. The van der Waals surface area contributed by atoms with E-state index in [1.54, 1.807) is 24.3 Å². The summed E-state index contributed by atoms with van der Waals surface area (Å²) in [6, 6.07) is 32.5. The monoisotopic (exact) mass is 483 g/mol. The van der Waals surface area contributed by atoms with Gasteiger partial charge in [-0.3, -0.25) is 0 Å². The molecule has 0 aliphatic rings. The Morgan fingerprint density at radius 1 is 0.714 bits per heavy atom. The fourth-order valence-electron chi connectivity index (χ4n) is 3.17. The summed E-state index contributed by atoms with van der Waals surface area (Å²) in [5.74, 6) is 0.696. The van der Waals surface area contributed by atoms with Gasteiger partial charge in [-0.05, 0) is 50.2 Å². The van der Waals surface area contributed by atoms with Crippen LogP contribution in [0.3, 0.4) is 0 Å². The summed E-state index contributed by atoms with van der Waals surface area (Å²) >= 11 is 0.